The number of aliphatic hydroxyl groups is 2. The molecule has 2 amide bonds. The molecule has 1 unspecified atom stereocenters. The van der Waals surface area contributed by atoms with E-state index in [0.29, 0.717) is 16.9 Å². The fourth-order valence-electron chi connectivity index (χ4n) is 7.90. The summed E-state index contributed by atoms with van der Waals surface area (Å²) in [5.41, 5.74) is 3.85. The zero-order valence-corrected chi connectivity index (χ0v) is 38.5. The highest BCUT2D eigenvalue weighted by molar-refractivity contribution is 7.92. The van der Waals surface area contributed by atoms with Crippen LogP contribution in [-0.2, 0) is 26.2 Å². The predicted octanol–water partition coefficient (Wildman–Crippen LogP) is 6.30. The lowest BCUT2D eigenvalue weighted by molar-refractivity contribution is -0.135. The SMILES string of the molecule is CCCS(=O)(=O)Nc1ccc(F)c(C(=O)c2c[nH]c3ncc(-c4ccc(OCC(=O)N[C@H](C(O)N5C[C@H](O)C[C@H]5C(=O)NCc5ccc(-c6scnc6C)cc5)C(C)(C)C)cc4)cc23)c1F. The van der Waals surface area contributed by atoms with Crippen molar-refractivity contribution in [3.05, 3.63) is 119 Å². The number of aryl methyl sites for hydroxylation is 1. The topological polar surface area (TPSA) is 216 Å². The fourth-order valence-corrected chi connectivity index (χ4v) is 9.84. The van der Waals surface area contributed by atoms with Gasteiger partial charge in [0.25, 0.3) is 5.91 Å². The molecule has 3 aromatic carbocycles. The number of aromatic amines is 1. The fraction of sp³-hybridized carbons (Fsp3) is 0.340. The van der Waals surface area contributed by atoms with E-state index < -0.39 is 81.0 Å². The van der Waals surface area contributed by atoms with Gasteiger partial charge in [0.05, 0.1) is 51.3 Å². The number of nitrogens with zero attached hydrogens (tertiary/aromatic N) is 3. The van der Waals surface area contributed by atoms with E-state index in [4.69, 9.17) is 4.74 Å². The molecule has 4 atom stereocenters. The van der Waals surface area contributed by atoms with Gasteiger partial charge in [-0.2, -0.15) is 0 Å². The number of hydrogen-bond acceptors (Lipinski definition) is 12. The monoisotopic (exact) mass is 943 g/mol. The van der Waals surface area contributed by atoms with Crippen LogP contribution < -0.4 is 20.1 Å². The Kier molecular flexibility index (Phi) is 14.3. The van der Waals surface area contributed by atoms with Crippen LogP contribution in [0.25, 0.3) is 32.6 Å². The molecule has 1 aliphatic rings. The summed E-state index contributed by atoms with van der Waals surface area (Å²) in [6.45, 7) is 8.96. The molecule has 1 saturated heterocycles. The highest BCUT2D eigenvalue weighted by Gasteiger charge is 2.45. The molecule has 4 heterocycles. The summed E-state index contributed by atoms with van der Waals surface area (Å²) in [4.78, 5) is 54.6. The van der Waals surface area contributed by atoms with Crippen molar-refractivity contribution < 1.29 is 46.5 Å². The van der Waals surface area contributed by atoms with Crippen LogP contribution in [0.4, 0.5) is 14.5 Å². The number of H-pyrrole nitrogens is 1. The Bertz CT molecular complexity index is 2850. The predicted molar refractivity (Wildman–Crippen MR) is 247 cm³/mol. The third-order valence-corrected chi connectivity index (χ3v) is 13.8. The third kappa shape index (κ3) is 10.8. The van der Waals surface area contributed by atoms with Gasteiger partial charge >= 0.3 is 0 Å². The zero-order valence-electron chi connectivity index (χ0n) is 36.9. The Morgan fingerprint density at radius 1 is 1.02 bits per heavy atom. The largest absolute Gasteiger partial charge is 0.484 e. The molecule has 0 radical (unpaired) electrons. The van der Waals surface area contributed by atoms with Gasteiger partial charge in [-0.15, -0.1) is 11.3 Å². The summed E-state index contributed by atoms with van der Waals surface area (Å²) in [7, 11) is -3.93. The van der Waals surface area contributed by atoms with E-state index >= 15 is 4.39 Å². The Hall–Kier alpha value is -6.12. The first kappa shape index (κ1) is 47.8. The van der Waals surface area contributed by atoms with Gasteiger partial charge in [-0.3, -0.25) is 24.0 Å². The highest BCUT2D eigenvalue weighted by Crippen LogP contribution is 2.32. The Labute approximate surface area is 384 Å². The number of halogens is 2. The molecule has 0 saturated carbocycles. The number of aromatic nitrogens is 3. The smallest absolute Gasteiger partial charge is 0.258 e. The lowest BCUT2D eigenvalue weighted by atomic mass is 9.85. The van der Waals surface area contributed by atoms with E-state index in [-0.39, 0.29) is 54.2 Å². The molecule has 15 nitrogen and oxygen atoms in total. The molecular formula is C47H51F2N7O8S2. The molecule has 1 aliphatic heterocycles. The number of ether oxygens (including phenoxy) is 1. The summed E-state index contributed by atoms with van der Waals surface area (Å²) < 4.78 is 63.0. The lowest BCUT2D eigenvalue weighted by Crippen LogP contribution is -2.60. The second kappa shape index (κ2) is 19.8. The number of thiazole rings is 1. The molecule has 3 aromatic heterocycles. The molecule has 0 bridgehead atoms. The summed E-state index contributed by atoms with van der Waals surface area (Å²) in [6, 6.07) is 16.1. The van der Waals surface area contributed by atoms with Crippen molar-refractivity contribution in [2.45, 2.75) is 78.4 Å². The molecule has 1 fully saturated rings. The van der Waals surface area contributed by atoms with Crippen LogP contribution in [0.15, 0.2) is 84.6 Å². The first-order valence-corrected chi connectivity index (χ1v) is 23.8. The van der Waals surface area contributed by atoms with E-state index in [2.05, 4.69) is 30.3 Å². The van der Waals surface area contributed by atoms with Crippen LogP contribution in [0, 0.1) is 24.0 Å². The van der Waals surface area contributed by atoms with Crippen molar-refractivity contribution >= 4 is 55.7 Å². The van der Waals surface area contributed by atoms with Gasteiger partial charge in [0, 0.05) is 42.0 Å². The minimum absolute atomic E-state index is 0.0216. The Balaban J connectivity index is 0.976. The number of β-amino-alcohol motifs (C(OH)–C–C–N with tert-alkyl or cyclic N) is 1. The molecule has 19 heteroatoms. The number of hydrogen-bond donors (Lipinski definition) is 6. The van der Waals surface area contributed by atoms with Gasteiger partial charge < -0.3 is 30.6 Å². The summed E-state index contributed by atoms with van der Waals surface area (Å²) >= 11 is 1.56. The van der Waals surface area contributed by atoms with Crippen LogP contribution in [0.1, 0.15) is 67.7 Å². The van der Waals surface area contributed by atoms with Gasteiger partial charge in [0.15, 0.2) is 12.4 Å². The second-order valence-electron chi connectivity index (χ2n) is 17.3. The molecule has 0 spiro atoms. The number of likely N-dealkylation sites (tertiary alicyclic amines) is 1. The molecule has 348 valence electrons. The number of anilines is 1. The number of sulfonamides is 1. The maximum Gasteiger partial charge on any atom is 0.258 e. The lowest BCUT2D eigenvalue weighted by Gasteiger charge is -2.40. The van der Waals surface area contributed by atoms with Crippen molar-refractivity contribution in [2.75, 3.05) is 23.6 Å². The number of rotatable bonds is 17. The Morgan fingerprint density at radius 2 is 1.73 bits per heavy atom. The maximum absolute atomic E-state index is 15.5. The number of aliphatic hydroxyl groups excluding tert-OH is 2. The average Bonchev–Trinajstić information content (AvgIpc) is 4.02. The summed E-state index contributed by atoms with van der Waals surface area (Å²) in [5.74, 6) is -4.38. The zero-order chi connectivity index (χ0) is 47.5. The maximum atomic E-state index is 15.5. The van der Waals surface area contributed by atoms with Crippen molar-refractivity contribution in [3.8, 4) is 27.3 Å². The van der Waals surface area contributed by atoms with E-state index in [9.17, 15) is 37.4 Å². The van der Waals surface area contributed by atoms with Gasteiger partial charge in [0.2, 0.25) is 21.7 Å². The number of carbonyl (C=O) groups is 3. The highest BCUT2D eigenvalue weighted by atomic mass is 32.2. The number of carbonyl (C=O) groups excluding carboxylic acids is 3. The van der Waals surface area contributed by atoms with Crippen molar-refractivity contribution in [3.63, 3.8) is 0 Å². The van der Waals surface area contributed by atoms with E-state index in [0.717, 1.165) is 33.8 Å². The Morgan fingerprint density at radius 3 is 2.39 bits per heavy atom. The molecule has 0 aliphatic carbocycles. The number of benzene rings is 3. The molecular weight excluding hydrogens is 893 g/mol. The number of pyridine rings is 1. The number of fused-ring (bicyclic) bond motifs is 1. The average molecular weight is 944 g/mol. The number of amides is 2. The van der Waals surface area contributed by atoms with E-state index in [1.54, 1.807) is 54.1 Å². The normalized spacial score (nSPS) is 16.5. The van der Waals surface area contributed by atoms with Gasteiger partial charge in [-0.05, 0) is 72.2 Å². The molecule has 7 rings (SSSR count). The number of ketones is 1. The van der Waals surface area contributed by atoms with Gasteiger partial charge in [-0.1, -0.05) is 64.1 Å². The first-order chi connectivity index (χ1) is 31.3. The molecule has 6 aromatic rings. The quantitative estimate of drug-likeness (QED) is 0.0558. The van der Waals surface area contributed by atoms with E-state index in [1.165, 1.54) is 17.3 Å². The van der Waals surface area contributed by atoms with E-state index in [1.807, 2.05) is 52.0 Å². The standard InChI is InChI=1S/C47H51F2N7O8S2/c1-6-17-66(62,63)55-36-16-15-35(48)39(40(36)49)41(59)34-22-51-44-33(34)18-30(21-50-44)28-11-13-32(14-12-28)64-24-38(58)54-43(47(3,4)5)46(61)56-23-31(57)19-37(56)45(60)52-20-27-7-9-29(10-8-27)42-26(2)53-25-65-42/h7-16,18,21-22,25,31,37,43,46,55,57,61H,6,17,19-20,23-24H2,1-5H3,(H,50,51)(H,52,60)(H,54,58)/t31-,37+,43-,46?/m1/s1. The van der Waals surface area contributed by atoms with Gasteiger partial charge in [0.1, 0.15) is 23.4 Å². The van der Waals surface area contributed by atoms with Gasteiger partial charge in [-0.25, -0.2) is 27.2 Å². The minimum atomic E-state index is -3.93. The first-order valence-electron chi connectivity index (χ1n) is 21.3. The van der Waals surface area contributed by atoms with Crippen LogP contribution in [0.2, 0.25) is 0 Å². The number of nitrogens with one attached hydrogen (secondary N) is 4. The van der Waals surface area contributed by atoms with Crippen LogP contribution >= 0.6 is 11.3 Å². The van der Waals surface area contributed by atoms with Crippen molar-refractivity contribution in [2.24, 2.45) is 5.41 Å². The van der Waals surface area contributed by atoms with Crippen LogP contribution in [-0.4, -0.2) is 99.4 Å². The van der Waals surface area contributed by atoms with Crippen molar-refractivity contribution in [1.82, 2.24) is 30.5 Å². The summed E-state index contributed by atoms with van der Waals surface area (Å²) in [5, 5.41) is 28.4. The van der Waals surface area contributed by atoms with Crippen molar-refractivity contribution in [1.29, 1.82) is 0 Å². The third-order valence-electron chi connectivity index (χ3n) is 11.3. The summed E-state index contributed by atoms with van der Waals surface area (Å²) in [6.07, 6.45) is 0.974. The molecule has 66 heavy (non-hydrogen) atoms. The molecule has 6 N–H and O–H groups in total. The van der Waals surface area contributed by atoms with Crippen LogP contribution in [0.3, 0.4) is 0 Å². The minimum Gasteiger partial charge on any atom is -0.484 e. The van der Waals surface area contributed by atoms with Crippen LogP contribution in [0.5, 0.6) is 5.75 Å². The second-order valence-corrected chi connectivity index (χ2v) is 20.0.